The average molecular weight is 294 g/mol. The van der Waals surface area contributed by atoms with Crippen LogP contribution in [0.3, 0.4) is 0 Å². The largest absolute Gasteiger partial charge is 0.458 e. The number of esters is 1. The molecule has 0 aliphatic carbocycles. The number of hydrogen-bond acceptors (Lipinski definition) is 4. The van der Waals surface area contributed by atoms with E-state index in [1.807, 2.05) is 13.8 Å². The predicted molar refractivity (Wildman–Crippen MR) is 68.4 cm³/mol. The van der Waals surface area contributed by atoms with Gasteiger partial charge in [-0.3, -0.25) is 0 Å². The second-order valence-corrected chi connectivity index (χ2v) is 7.02. The minimum absolute atomic E-state index is 0.0770. The lowest BCUT2D eigenvalue weighted by Gasteiger charge is -2.13. The number of nitrogens with zero attached hydrogens (tertiary/aromatic N) is 1. The highest BCUT2D eigenvalue weighted by molar-refractivity contribution is 8.13. The summed E-state index contributed by atoms with van der Waals surface area (Å²) in [6.07, 6.45) is 1.06. The molecule has 7 heteroatoms. The van der Waals surface area contributed by atoms with Gasteiger partial charge >= 0.3 is 5.97 Å². The zero-order valence-corrected chi connectivity index (χ0v) is 12.2. The van der Waals surface area contributed by atoms with Crippen LogP contribution in [0.5, 0.6) is 0 Å². The maximum absolute atomic E-state index is 11.8. The minimum atomic E-state index is -3.86. The molecule has 1 aromatic rings. The predicted octanol–water partition coefficient (Wildman–Crippen LogP) is 2.56. The number of halogens is 1. The number of aromatic nitrogens is 1. The first kappa shape index (κ1) is 15.0. The van der Waals surface area contributed by atoms with Gasteiger partial charge in [0.25, 0.3) is 9.05 Å². The maximum atomic E-state index is 11.8. The molecule has 0 bridgehead atoms. The Morgan fingerprint density at radius 1 is 1.33 bits per heavy atom. The Hall–Kier alpha value is -1.01. The van der Waals surface area contributed by atoms with Crippen molar-refractivity contribution in [2.75, 3.05) is 0 Å². The third-order valence-electron chi connectivity index (χ3n) is 2.21. The van der Waals surface area contributed by atoms with Gasteiger partial charge in [-0.05, 0) is 33.8 Å². The number of ether oxygens (including phenoxy) is 1. The third-order valence-corrected chi connectivity index (χ3v) is 3.53. The van der Waals surface area contributed by atoms with Crippen molar-refractivity contribution in [2.45, 2.75) is 44.7 Å². The van der Waals surface area contributed by atoms with E-state index in [0.717, 1.165) is 0 Å². The quantitative estimate of drug-likeness (QED) is 0.632. The summed E-state index contributed by atoms with van der Waals surface area (Å²) in [7, 11) is 1.41. The van der Waals surface area contributed by atoms with Crippen LogP contribution in [0.4, 0.5) is 0 Å². The van der Waals surface area contributed by atoms with Crippen LogP contribution in [0.25, 0.3) is 0 Å². The van der Waals surface area contributed by atoms with Crippen molar-refractivity contribution in [1.82, 2.24) is 4.57 Å². The van der Waals surface area contributed by atoms with Gasteiger partial charge in [-0.25, -0.2) is 13.2 Å². The molecule has 5 nitrogen and oxygen atoms in total. The molecule has 0 N–H and O–H groups in total. The molecule has 1 rings (SSSR count). The average Bonchev–Trinajstić information content (AvgIpc) is 2.59. The number of rotatable bonds is 4. The van der Waals surface area contributed by atoms with Crippen molar-refractivity contribution in [3.05, 3.63) is 18.0 Å². The SMILES string of the molecule is CC(C)OC(=O)c1cc(S(=O)(=O)Cl)cn1C(C)C. The number of carbonyl (C=O) groups excluding carboxylic acids is 1. The van der Waals surface area contributed by atoms with Gasteiger partial charge in [0.05, 0.1) is 6.10 Å². The molecule has 0 aliphatic rings. The van der Waals surface area contributed by atoms with E-state index in [-0.39, 0.29) is 22.7 Å². The Morgan fingerprint density at radius 3 is 2.28 bits per heavy atom. The molecule has 1 aromatic heterocycles. The van der Waals surface area contributed by atoms with Crippen molar-refractivity contribution in [3.8, 4) is 0 Å². The van der Waals surface area contributed by atoms with Gasteiger partial charge in [0, 0.05) is 22.9 Å². The monoisotopic (exact) mass is 293 g/mol. The molecular formula is C11H16ClNO4S. The second-order valence-electron chi connectivity index (χ2n) is 4.45. The summed E-state index contributed by atoms with van der Waals surface area (Å²) in [6.45, 7) is 7.10. The number of carbonyl (C=O) groups is 1. The van der Waals surface area contributed by atoms with E-state index in [2.05, 4.69) is 0 Å². The fourth-order valence-corrected chi connectivity index (χ4v) is 2.20. The topological polar surface area (TPSA) is 65.4 Å². The minimum Gasteiger partial charge on any atom is -0.458 e. The zero-order chi connectivity index (χ0) is 14.1. The van der Waals surface area contributed by atoms with Crippen LogP contribution >= 0.6 is 10.7 Å². The summed E-state index contributed by atoms with van der Waals surface area (Å²) >= 11 is 0. The second kappa shape index (κ2) is 5.32. The molecule has 0 amide bonds. The van der Waals surface area contributed by atoms with Gasteiger partial charge < -0.3 is 9.30 Å². The molecule has 0 atom stereocenters. The smallest absolute Gasteiger partial charge is 0.355 e. The van der Waals surface area contributed by atoms with Crippen LogP contribution in [-0.4, -0.2) is 25.1 Å². The molecule has 102 valence electrons. The highest BCUT2D eigenvalue weighted by Gasteiger charge is 2.22. The Kier molecular flexibility index (Phi) is 4.45. The highest BCUT2D eigenvalue weighted by Crippen LogP contribution is 2.22. The number of hydrogen-bond donors (Lipinski definition) is 0. The molecule has 0 unspecified atom stereocenters. The van der Waals surface area contributed by atoms with Gasteiger partial charge in [0.15, 0.2) is 0 Å². The Bertz CT molecular complexity index is 545. The Morgan fingerprint density at radius 2 is 1.89 bits per heavy atom. The van der Waals surface area contributed by atoms with Crippen LogP contribution in [-0.2, 0) is 13.8 Å². The van der Waals surface area contributed by atoms with E-state index in [9.17, 15) is 13.2 Å². The van der Waals surface area contributed by atoms with Gasteiger partial charge in [-0.15, -0.1) is 0 Å². The summed E-state index contributed by atoms with van der Waals surface area (Å²) in [5.74, 6) is -0.565. The van der Waals surface area contributed by atoms with E-state index in [4.69, 9.17) is 15.4 Å². The fraction of sp³-hybridized carbons (Fsp3) is 0.545. The lowest BCUT2D eigenvalue weighted by Crippen LogP contribution is -2.16. The van der Waals surface area contributed by atoms with Gasteiger partial charge in [0.2, 0.25) is 0 Å². The summed E-state index contributed by atoms with van der Waals surface area (Å²) in [4.78, 5) is 11.7. The van der Waals surface area contributed by atoms with Crippen molar-refractivity contribution in [3.63, 3.8) is 0 Å². The first-order valence-corrected chi connectivity index (χ1v) is 7.81. The van der Waals surface area contributed by atoms with E-state index in [1.165, 1.54) is 16.8 Å². The molecule has 0 aliphatic heterocycles. The standard InChI is InChI=1S/C11H16ClNO4S/c1-7(2)13-6-9(18(12,15)16)5-10(13)11(14)17-8(3)4/h5-8H,1-4H3. The molecule has 0 aromatic carbocycles. The molecule has 0 saturated carbocycles. The van der Waals surface area contributed by atoms with E-state index < -0.39 is 15.0 Å². The van der Waals surface area contributed by atoms with E-state index in [0.29, 0.717) is 0 Å². The van der Waals surface area contributed by atoms with Crippen LogP contribution in [0.1, 0.15) is 44.2 Å². The normalized spacial score (nSPS) is 12.2. The molecule has 0 saturated heterocycles. The summed E-state index contributed by atoms with van der Waals surface area (Å²) in [5, 5.41) is 0. The maximum Gasteiger partial charge on any atom is 0.355 e. The molecular weight excluding hydrogens is 278 g/mol. The first-order chi connectivity index (χ1) is 8.12. The summed E-state index contributed by atoms with van der Waals surface area (Å²) < 4.78 is 29.1. The van der Waals surface area contributed by atoms with E-state index >= 15 is 0 Å². The van der Waals surface area contributed by atoms with Crippen molar-refractivity contribution >= 4 is 25.7 Å². The highest BCUT2D eigenvalue weighted by atomic mass is 35.7. The third kappa shape index (κ3) is 3.49. The molecule has 18 heavy (non-hydrogen) atoms. The Labute approximate surface area is 111 Å². The van der Waals surface area contributed by atoms with Crippen LogP contribution in [0.15, 0.2) is 17.2 Å². The van der Waals surface area contributed by atoms with Gasteiger partial charge in [0.1, 0.15) is 10.6 Å². The first-order valence-electron chi connectivity index (χ1n) is 5.50. The van der Waals surface area contributed by atoms with Crippen molar-refractivity contribution in [1.29, 1.82) is 0 Å². The lowest BCUT2D eigenvalue weighted by molar-refractivity contribution is 0.0363. The van der Waals surface area contributed by atoms with Crippen LogP contribution < -0.4 is 0 Å². The van der Waals surface area contributed by atoms with Gasteiger partial charge in [-0.2, -0.15) is 0 Å². The van der Waals surface area contributed by atoms with E-state index in [1.54, 1.807) is 13.8 Å². The van der Waals surface area contributed by atoms with Gasteiger partial charge in [-0.1, -0.05) is 0 Å². The molecule has 0 fully saturated rings. The molecule has 0 spiro atoms. The van der Waals surface area contributed by atoms with Crippen LogP contribution in [0, 0.1) is 0 Å². The zero-order valence-electron chi connectivity index (χ0n) is 10.7. The molecule has 1 heterocycles. The summed E-state index contributed by atoms with van der Waals surface area (Å²) in [6, 6.07) is 1.15. The van der Waals surface area contributed by atoms with Crippen molar-refractivity contribution in [2.24, 2.45) is 0 Å². The lowest BCUT2D eigenvalue weighted by atomic mass is 10.3. The fourth-order valence-electron chi connectivity index (χ4n) is 1.45. The Balaban J connectivity index is 3.26. The van der Waals surface area contributed by atoms with Crippen LogP contribution in [0.2, 0.25) is 0 Å². The molecule has 0 radical (unpaired) electrons. The summed E-state index contributed by atoms with van der Waals surface area (Å²) in [5.41, 5.74) is 0.179. The van der Waals surface area contributed by atoms with Crippen molar-refractivity contribution < 1.29 is 17.9 Å².